The molecule has 1 unspecified atom stereocenters. The van der Waals surface area contributed by atoms with Crippen molar-refractivity contribution in [2.24, 2.45) is 0 Å². The van der Waals surface area contributed by atoms with E-state index in [1.807, 2.05) is 11.0 Å². The molecule has 0 saturated carbocycles. The quantitative estimate of drug-likeness (QED) is 0.844. The number of hydrogen-bond acceptors (Lipinski definition) is 2. The molecule has 3 rings (SSSR count). The Morgan fingerprint density at radius 3 is 3.05 bits per heavy atom. The molecule has 3 nitrogen and oxygen atoms in total. The molecule has 0 spiro atoms. The van der Waals surface area contributed by atoms with Crippen molar-refractivity contribution >= 4 is 17.2 Å². The summed E-state index contributed by atoms with van der Waals surface area (Å²) in [4.78, 5) is 15.7. The zero-order valence-corrected chi connectivity index (χ0v) is 11.9. The Hall–Kier alpha value is -1.55. The van der Waals surface area contributed by atoms with Crippen LogP contribution in [0.15, 0.2) is 35.8 Å². The van der Waals surface area contributed by atoms with Crippen LogP contribution in [0.2, 0.25) is 0 Å². The van der Waals surface area contributed by atoms with Crippen LogP contribution in [0.25, 0.3) is 0 Å². The van der Waals surface area contributed by atoms with E-state index in [2.05, 4.69) is 41.3 Å². The van der Waals surface area contributed by atoms with Crippen LogP contribution in [-0.2, 0) is 17.8 Å². The maximum Gasteiger partial charge on any atom is 0.223 e. The summed E-state index contributed by atoms with van der Waals surface area (Å²) < 4.78 is 2.24. The fourth-order valence-electron chi connectivity index (χ4n) is 2.75. The van der Waals surface area contributed by atoms with Gasteiger partial charge >= 0.3 is 0 Å². The molecule has 4 heteroatoms. The summed E-state index contributed by atoms with van der Waals surface area (Å²) in [5, 5.41) is 2.07. The van der Waals surface area contributed by atoms with E-state index in [1.165, 1.54) is 10.6 Å². The Balaban J connectivity index is 1.65. The zero-order chi connectivity index (χ0) is 13.2. The molecule has 0 saturated heterocycles. The second-order valence-corrected chi connectivity index (χ2v) is 6.00. The summed E-state index contributed by atoms with van der Waals surface area (Å²) in [5.41, 5.74) is 1.25. The highest BCUT2D eigenvalue weighted by atomic mass is 32.1. The second-order valence-electron chi connectivity index (χ2n) is 4.97. The minimum absolute atomic E-state index is 0.194. The minimum atomic E-state index is 0.194. The normalized spacial score (nSPS) is 18.4. The van der Waals surface area contributed by atoms with Crippen molar-refractivity contribution < 1.29 is 4.79 Å². The van der Waals surface area contributed by atoms with Gasteiger partial charge in [-0.3, -0.25) is 4.79 Å². The fourth-order valence-corrected chi connectivity index (χ4v) is 3.46. The van der Waals surface area contributed by atoms with Crippen LogP contribution in [0.1, 0.15) is 30.0 Å². The van der Waals surface area contributed by atoms with Gasteiger partial charge in [0.25, 0.3) is 0 Å². The molecule has 0 aromatic carbocycles. The summed E-state index contributed by atoms with van der Waals surface area (Å²) >= 11 is 1.73. The summed E-state index contributed by atoms with van der Waals surface area (Å²) in [6.07, 6.45) is 3.57. The zero-order valence-electron chi connectivity index (χ0n) is 11.1. The van der Waals surface area contributed by atoms with Gasteiger partial charge < -0.3 is 9.47 Å². The van der Waals surface area contributed by atoms with Gasteiger partial charge in [0.2, 0.25) is 5.91 Å². The molecule has 0 aliphatic carbocycles. The molecule has 2 aromatic heterocycles. The first-order valence-corrected chi connectivity index (χ1v) is 7.60. The van der Waals surface area contributed by atoms with E-state index < -0.39 is 0 Å². The van der Waals surface area contributed by atoms with Crippen molar-refractivity contribution in [3.63, 3.8) is 0 Å². The maximum atomic E-state index is 12.4. The Morgan fingerprint density at radius 1 is 1.37 bits per heavy atom. The third-order valence-corrected chi connectivity index (χ3v) is 4.76. The van der Waals surface area contributed by atoms with Gasteiger partial charge in [-0.2, -0.15) is 0 Å². The SMILES string of the molecule is CC1c2cccn2CCN1C(=O)CCc1cccs1. The molecular formula is C15H18N2OS. The molecule has 1 atom stereocenters. The van der Waals surface area contributed by atoms with Crippen LogP contribution >= 0.6 is 11.3 Å². The first-order valence-electron chi connectivity index (χ1n) is 6.72. The van der Waals surface area contributed by atoms with Crippen LogP contribution in [0.5, 0.6) is 0 Å². The van der Waals surface area contributed by atoms with E-state index in [0.29, 0.717) is 6.42 Å². The van der Waals surface area contributed by atoms with Crippen LogP contribution in [0, 0.1) is 0 Å². The molecule has 3 heterocycles. The van der Waals surface area contributed by atoms with E-state index >= 15 is 0 Å². The average Bonchev–Trinajstić information content (AvgIpc) is 3.07. The van der Waals surface area contributed by atoms with Gasteiger partial charge in [-0.15, -0.1) is 11.3 Å². The third-order valence-electron chi connectivity index (χ3n) is 3.83. The Kier molecular flexibility index (Phi) is 3.42. The van der Waals surface area contributed by atoms with Crippen molar-refractivity contribution in [3.8, 4) is 0 Å². The number of carbonyl (C=O) groups is 1. The lowest BCUT2D eigenvalue weighted by Gasteiger charge is -2.35. The van der Waals surface area contributed by atoms with Gasteiger partial charge in [-0.25, -0.2) is 0 Å². The lowest BCUT2D eigenvalue weighted by Crippen LogP contribution is -2.40. The van der Waals surface area contributed by atoms with Gasteiger partial charge in [-0.1, -0.05) is 6.07 Å². The number of aromatic nitrogens is 1. The number of rotatable bonds is 3. The number of aryl methyl sites for hydroxylation is 1. The first kappa shape index (κ1) is 12.5. The molecule has 2 aromatic rings. The maximum absolute atomic E-state index is 12.4. The average molecular weight is 274 g/mol. The van der Waals surface area contributed by atoms with Crippen LogP contribution in [0.3, 0.4) is 0 Å². The van der Waals surface area contributed by atoms with Crippen molar-refractivity contribution in [1.82, 2.24) is 9.47 Å². The van der Waals surface area contributed by atoms with Crippen LogP contribution < -0.4 is 0 Å². The summed E-state index contributed by atoms with van der Waals surface area (Å²) in [7, 11) is 0. The molecule has 19 heavy (non-hydrogen) atoms. The minimum Gasteiger partial charge on any atom is -0.348 e. The highest BCUT2D eigenvalue weighted by molar-refractivity contribution is 7.09. The highest BCUT2D eigenvalue weighted by Gasteiger charge is 2.26. The Labute approximate surface area is 117 Å². The van der Waals surface area contributed by atoms with Gasteiger partial charge in [0.05, 0.1) is 6.04 Å². The molecular weight excluding hydrogens is 256 g/mol. The molecule has 0 N–H and O–H groups in total. The van der Waals surface area contributed by atoms with Crippen LogP contribution in [-0.4, -0.2) is 21.9 Å². The van der Waals surface area contributed by atoms with E-state index in [1.54, 1.807) is 11.3 Å². The van der Waals surface area contributed by atoms with Crippen molar-refractivity contribution in [2.45, 2.75) is 32.4 Å². The standard InChI is InChI=1S/C15H18N2OS/c1-12-14-5-2-8-16(14)9-10-17(12)15(18)7-6-13-4-3-11-19-13/h2-5,8,11-12H,6-7,9-10H2,1H3. The number of fused-ring (bicyclic) bond motifs is 1. The summed E-state index contributed by atoms with van der Waals surface area (Å²) in [5.74, 6) is 0.272. The highest BCUT2D eigenvalue weighted by Crippen LogP contribution is 2.26. The molecule has 0 fully saturated rings. The van der Waals surface area contributed by atoms with E-state index in [0.717, 1.165) is 19.5 Å². The lowest BCUT2D eigenvalue weighted by atomic mass is 10.1. The first-order chi connectivity index (χ1) is 9.25. The number of thiophene rings is 1. The number of nitrogens with zero attached hydrogens (tertiary/aromatic N) is 2. The molecule has 1 aliphatic heterocycles. The predicted molar refractivity (Wildman–Crippen MR) is 77.2 cm³/mol. The third kappa shape index (κ3) is 2.45. The number of hydrogen-bond donors (Lipinski definition) is 0. The monoisotopic (exact) mass is 274 g/mol. The lowest BCUT2D eigenvalue weighted by molar-refractivity contribution is -0.134. The molecule has 1 amide bonds. The van der Waals surface area contributed by atoms with Crippen LogP contribution in [0.4, 0.5) is 0 Å². The predicted octanol–water partition coefficient (Wildman–Crippen LogP) is 3.09. The number of amides is 1. The van der Waals surface area contributed by atoms with Crippen molar-refractivity contribution in [1.29, 1.82) is 0 Å². The van der Waals surface area contributed by atoms with E-state index in [-0.39, 0.29) is 11.9 Å². The van der Waals surface area contributed by atoms with Gasteiger partial charge in [0.15, 0.2) is 0 Å². The van der Waals surface area contributed by atoms with E-state index in [4.69, 9.17) is 0 Å². The Bertz CT molecular complexity index is 558. The van der Waals surface area contributed by atoms with Crippen molar-refractivity contribution in [3.05, 3.63) is 46.4 Å². The topological polar surface area (TPSA) is 25.2 Å². The second kappa shape index (κ2) is 5.21. The Morgan fingerprint density at radius 2 is 2.26 bits per heavy atom. The largest absolute Gasteiger partial charge is 0.348 e. The van der Waals surface area contributed by atoms with Gasteiger partial charge in [0.1, 0.15) is 0 Å². The number of carbonyl (C=O) groups excluding carboxylic acids is 1. The van der Waals surface area contributed by atoms with Gasteiger partial charge in [-0.05, 0) is 36.9 Å². The molecule has 1 aliphatic rings. The fraction of sp³-hybridized carbons (Fsp3) is 0.400. The van der Waals surface area contributed by atoms with Gasteiger partial charge in [0, 0.05) is 36.3 Å². The molecule has 0 radical (unpaired) electrons. The summed E-state index contributed by atoms with van der Waals surface area (Å²) in [6, 6.07) is 8.51. The van der Waals surface area contributed by atoms with E-state index in [9.17, 15) is 4.79 Å². The smallest absolute Gasteiger partial charge is 0.223 e. The molecule has 0 bridgehead atoms. The summed E-state index contributed by atoms with van der Waals surface area (Å²) in [6.45, 7) is 3.86. The van der Waals surface area contributed by atoms with Crippen molar-refractivity contribution in [2.75, 3.05) is 6.54 Å². The molecule has 100 valence electrons.